The summed E-state index contributed by atoms with van der Waals surface area (Å²) >= 11 is 3.72. The lowest BCUT2D eigenvalue weighted by atomic mass is 10.2. The SMILES string of the molecule is COc1cc(NC(=O)c2csc(I)c2)ccc1N. The van der Waals surface area contributed by atoms with Crippen molar-refractivity contribution in [3.8, 4) is 5.75 Å². The van der Waals surface area contributed by atoms with Gasteiger partial charge >= 0.3 is 0 Å². The second-order valence-electron chi connectivity index (χ2n) is 3.55. The second kappa shape index (κ2) is 5.57. The highest BCUT2D eigenvalue weighted by Crippen LogP contribution is 2.25. The van der Waals surface area contributed by atoms with Gasteiger partial charge in [0.25, 0.3) is 5.91 Å². The molecule has 1 aromatic heterocycles. The van der Waals surface area contributed by atoms with Gasteiger partial charge in [-0.25, -0.2) is 0 Å². The summed E-state index contributed by atoms with van der Waals surface area (Å²) in [4.78, 5) is 11.9. The van der Waals surface area contributed by atoms with E-state index in [0.29, 0.717) is 22.7 Å². The van der Waals surface area contributed by atoms with Gasteiger partial charge in [-0.05, 0) is 40.8 Å². The van der Waals surface area contributed by atoms with E-state index < -0.39 is 0 Å². The van der Waals surface area contributed by atoms with Crippen LogP contribution in [-0.4, -0.2) is 13.0 Å². The van der Waals surface area contributed by atoms with Crippen LogP contribution < -0.4 is 15.8 Å². The highest BCUT2D eigenvalue weighted by atomic mass is 127. The molecular formula is C12H11IN2O2S. The highest BCUT2D eigenvalue weighted by Gasteiger charge is 2.09. The van der Waals surface area contributed by atoms with Gasteiger partial charge in [-0.2, -0.15) is 0 Å². The molecule has 0 spiro atoms. The molecule has 0 unspecified atom stereocenters. The molecule has 0 bridgehead atoms. The number of carbonyl (C=O) groups is 1. The maximum atomic E-state index is 11.9. The molecule has 0 aliphatic rings. The maximum absolute atomic E-state index is 11.9. The Kier molecular flexibility index (Phi) is 4.07. The monoisotopic (exact) mass is 374 g/mol. The zero-order valence-corrected chi connectivity index (χ0v) is 12.5. The molecule has 0 saturated carbocycles. The minimum Gasteiger partial charge on any atom is -0.495 e. The number of hydrogen-bond acceptors (Lipinski definition) is 4. The molecule has 18 heavy (non-hydrogen) atoms. The van der Waals surface area contributed by atoms with Gasteiger partial charge in [0.1, 0.15) is 5.75 Å². The largest absolute Gasteiger partial charge is 0.495 e. The minimum atomic E-state index is -0.138. The predicted molar refractivity (Wildman–Crippen MR) is 82.4 cm³/mol. The van der Waals surface area contributed by atoms with Crippen molar-refractivity contribution in [1.82, 2.24) is 0 Å². The van der Waals surface area contributed by atoms with Gasteiger partial charge in [0.05, 0.1) is 21.2 Å². The van der Waals surface area contributed by atoms with E-state index in [1.54, 1.807) is 25.3 Å². The van der Waals surface area contributed by atoms with E-state index in [1.807, 2.05) is 11.4 Å². The van der Waals surface area contributed by atoms with E-state index in [1.165, 1.54) is 11.3 Å². The molecule has 1 amide bonds. The van der Waals surface area contributed by atoms with E-state index >= 15 is 0 Å². The van der Waals surface area contributed by atoms with E-state index in [4.69, 9.17) is 10.5 Å². The number of nitrogens with two attached hydrogens (primary N) is 1. The van der Waals surface area contributed by atoms with Gasteiger partial charge in [0, 0.05) is 17.1 Å². The van der Waals surface area contributed by atoms with Crippen LogP contribution in [0.5, 0.6) is 5.75 Å². The standard InChI is InChI=1S/C12H11IN2O2S/c1-17-10-5-8(2-3-9(10)14)15-12(16)7-4-11(13)18-6-7/h2-6H,14H2,1H3,(H,15,16). The summed E-state index contributed by atoms with van der Waals surface area (Å²) in [5, 5.41) is 4.63. The quantitative estimate of drug-likeness (QED) is 0.641. The van der Waals surface area contributed by atoms with Gasteiger partial charge in [0.2, 0.25) is 0 Å². The third kappa shape index (κ3) is 2.94. The Hall–Kier alpha value is -1.28. The summed E-state index contributed by atoms with van der Waals surface area (Å²) in [5.74, 6) is 0.411. The van der Waals surface area contributed by atoms with Crippen LogP contribution in [0, 0.1) is 2.88 Å². The zero-order chi connectivity index (χ0) is 13.1. The molecule has 0 aliphatic carbocycles. The molecular weight excluding hydrogens is 363 g/mol. The molecule has 0 atom stereocenters. The first kappa shape index (κ1) is 13.2. The van der Waals surface area contributed by atoms with Crippen LogP contribution in [0.25, 0.3) is 0 Å². The van der Waals surface area contributed by atoms with E-state index in [2.05, 4.69) is 27.9 Å². The number of rotatable bonds is 3. The molecule has 1 heterocycles. The number of amides is 1. The molecule has 0 fully saturated rings. The highest BCUT2D eigenvalue weighted by molar-refractivity contribution is 14.1. The fourth-order valence-corrected chi connectivity index (χ4v) is 2.75. The van der Waals surface area contributed by atoms with Gasteiger partial charge in [0.15, 0.2) is 0 Å². The van der Waals surface area contributed by atoms with E-state index in [-0.39, 0.29) is 5.91 Å². The third-order valence-corrected chi connectivity index (χ3v) is 4.11. The second-order valence-corrected chi connectivity index (χ2v) is 6.36. The Labute approximate surface area is 122 Å². The van der Waals surface area contributed by atoms with Gasteiger partial charge in [-0.3, -0.25) is 4.79 Å². The molecule has 0 aliphatic heterocycles. The molecule has 0 radical (unpaired) electrons. The van der Waals surface area contributed by atoms with Crippen molar-refractivity contribution >= 4 is 51.2 Å². The van der Waals surface area contributed by atoms with Crippen molar-refractivity contribution < 1.29 is 9.53 Å². The van der Waals surface area contributed by atoms with Crippen molar-refractivity contribution in [3.05, 3.63) is 38.1 Å². The normalized spacial score (nSPS) is 10.1. The fraction of sp³-hybridized carbons (Fsp3) is 0.0833. The third-order valence-electron chi connectivity index (χ3n) is 2.32. The minimum absolute atomic E-state index is 0.138. The van der Waals surface area contributed by atoms with Crippen LogP contribution in [0.3, 0.4) is 0 Å². The Morgan fingerprint density at radius 2 is 2.22 bits per heavy atom. The number of ether oxygens (including phenoxy) is 1. The van der Waals surface area contributed by atoms with Crippen molar-refractivity contribution in [2.24, 2.45) is 0 Å². The lowest BCUT2D eigenvalue weighted by Crippen LogP contribution is -2.11. The number of anilines is 2. The molecule has 2 rings (SSSR count). The first-order valence-corrected chi connectivity index (χ1v) is 7.05. The summed E-state index contributed by atoms with van der Waals surface area (Å²) in [6.45, 7) is 0. The summed E-state index contributed by atoms with van der Waals surface area (Å²) in [5.41, 5.74) is 7.56. The van der Waals surface area contributed by atoms with Crippen LogP contribution in [0.1, 0.15) is 10.4 Å². The molecule has 6 heteroatoms. The smallest absolute Gasteiger partial charge is 0.256 e. The van der Waals surface area contributed by atoms with Crippen LogP contribution >= 0.6 is 33.9 Å². The number of nitrogens with one attached hydrogen (secondary N) is 1. The first-order chi connectivity index (χ1) is 8.60. The molecule has 3 N–H and O–H groups in total. The average Bonchev–Trinajstić information content (AvgIpc) is 2.78. The van der Waals surface area contributed by atoms with Crippen LogP contribution in [0.2, 0.25) is 0 Å². The maximum Gasteiger partial charge on any atom is 0.256 e. The van der Waals surface area contributed by atoms with Crippen LogP contribution in [0.4, 0.5) is 11.4 Å². The van der Waals surface area contributed by atoms with Crippen LogP contribution in [-0.2, 0) is 0 Å². The first-order valence-electron chi connectivity index (χ1n) is 5.09. The van der Waals surface area contributed by atoms with Crippen molar-refractivity contribution in [1.29, 1.82) is 0 Å². The lowest BCUT2D eigenvalue weighted by Gasteiger charge is -2.08. The number of hydrogen-bond donors (Lipinski definition) is 2. The van der Waals surface area contributed by atoms with Crippen molar-refractivity contribution in [2.75, 3.05) is 18.2 Å². The number of nitrogen functional groups attached to an aromatic ring is 1. The van der Waals surface area contributed by atoms with E-state index in [9.17, 15) is 4.79 Å². The van der Waals surface area contributed by atoms with Gasteiger partial charge in [-0.1, -0.05) is 0 Å². The number of halogens is 1. The topological polar surface area (TPSA) is 64.3 Å². The number of methoxy groups -OCH3 is 1. The fourth-order valence-electron chi connectivity index (χ4n) is 1.42. The summed E-state index contributed by atoms with van der Waals surface area (Å²) < 4.78 is 6.18. The Bertz CT molecular complexity index is 583. The lowest BCUT2D eigenvalue weighted by molar-refractivity contribution is 0.102. The van der Waals surface area contributed by atoms with E-state index in [0.717, 1.165) is 2.88 Å². The van der Waals surface area contributed by atoms with Gasteiger partial charge < -0.3 is 15.8 Å². The average molecular weight is 374 g/mol. The van der Waals surface area contributed by atoms with Gasteiger partial charge in [-0.15, -0.1) is 11.3 Å². The Morgan fingerprint density at radius 1 is 1.44 bits per heavy atom. The Balaban J connectivity index is 2.16. The Morgan fingerprint density at radius 3 is 2.83 bits per heavy atom. The van der Waals surface area contributed by atoms with Crippen molar-refractivity contribution in [3.63, 3.8) is 0 Å². The molecule has 1 aromatic carbocycles. The number of benzene rings is 1. The molecule has 0 saturated heterocycles. The number of thiophene rings is 1. The number of carbonyl (C=O) groups excluding carboxylic acids is 1. The molecule has 94 valence electrons. The zero-order valence-electron chi connectivity index (χ0n) is 9.57. The molecule has 2 aromatic rings. The summed E-state index contributed by atoms with van der Waals surface area (Å²) in [7, 11) is 1.54. The predicted octanol–water partition coefficient (Wildman–Crippen LogP) is 3.20. The van der Waals surface area contributed by atoms with Crippen LogP contribution in [0.15, 0.2) is 29.6 Å². The summed E-state index contributed by atoms with van der Waals surface area (Å²) in [6, 6.07) is 6.98. The summed E-state index contributed by atoms with van der Waals surface area (Å²) in [6.07, 6.45) is 0. The van der Waals surface area contributed by atoms with Crippen molar-refractivity contribution in [2.45, 2.75) is 0 Å². The molecule has 4 nitrogen and oxygen atoms in total.